The summed E-state index contributed by atoms with van der Waals surface area (Å²) in [5.74, 6) is 0.629. The van der Waals surface area contributed by atoms with Crippen molar-refractivity contribution in [3.63, 3.8) is 0 Å². The molecule has 0 bridgehead atoms. The normalized spacial score (nSPS) is 10.3. The van der Waals surface area contributed by atoms with Crippen LogP contribution in [0, 0.1) is 0 Å². The minimum Gasteiger partial charge on any atom is -0.481 e. The van der Waals surface area contributed by atoms with Gasteiger partial charge in [0.1, 0.15) is 6.54 Å². The van der Waals surface area contributed by atoms with Gasteiger partial charge in [-0.3, -0.25) is 10.1 Å². The molecule has 10 heteroatoms. The molecular weight excluding hydrogens is 326 g/mol. The Kier molecular flexibility index (Phi) is 4.79. The van der Waals surface area contributed by atoms with Gasteiger partial charge < -0.3 is 9.47 Å². The quantitative estimate of drug-likeness (QED) is 0.699. The molecule has 0 atom stereocenters. The second kappa shape index (κ2) is 7.34. The lowest BCUT2D eigenvalue weighted by Crippen LogP contribution is -2.21. The molecule has 0 radical (unpaired) electrons. The minimum atomic E-state index is -0.410. The maximum atomic E-state index is 12.1. The van der Waals surface area contributed by atoms with Crippen molar-refractivity contribution in [2.45, 2.75) is 6.54 Å². The van der Waals surface area contributed by atoms with Crippen LogP contribution in [0.25, 0.3) is 11.4 Å². The van der Waals surface area contributed by atoms with Gasteiger partial charge in [-0.05, 0) is 5.21 Å². The van der Waals surface area contributed by atoms with E-state index < -0.39 is 5.91 Å². The number of rotatable bonds is 6. The number of hydrogen-bond acceptors (Lipinski definition) is 8. The third kappa shape index (κ3) is 4.05. The highest BCUT2D eigenvalue weighted by Gasteiger charge is 2.12. The number of benzene rings is 1. The first-order valence-corrected chi connectivity index (χ1v) is 7.28. The summed E-state index contributed by atoms with van der Waals surface area (Å²) < 4.78 is 10.1. The van der Waals surface area contributed by atoms with Crippen LogP contribution in [0.5, 0.6) is 11.8 Å². The van der Waals surface area contributed by atoms with Crippen molar-refractivity contribution in [2.24, 2.45) is 0 Å². The van der Waals surface area contributed by atoms with E-state index in [9.17, 15) is 4.79 Å². The van der Waals surface area contributed by atoms with E-state index in [1.54, 1.807) is 0 Å². The summed E-state index contributed by atoms with van der Waals surface area (Å²) in [6, 6.07) is 10.9. The van der Waals surface area contributed by atoms with Crippen molar-refractivity contribution >= 4 is 11.9 Å². The maximum Gasteiger partial charge on any atom is 0.250 e. The smallest absolute Gasteiger partial charge is 0.250 e. The van der Waals surface area contributed by atoms with Crippen molar-refractivity contribution in [3.05, 3.63) is 36.4 Å². The Morgan fingerprint density at radius 1 is 1.12 bits per heavy atom. The number of methoxy groups -OCH3 is 2. The molecule has 0 aliphatic carbocycles. The fraction of sp³-hybridized carbons (Fsp3) is 0.200. The van der Waals surface area contributed by atoms with Crippen molar-refractivity contribution < 1.29 is 14.3 Å². The van der Waals surface area contributed by atoms with Crippen LogP contribution in [0.4, 0.5) is 5.95 Å². The van der Waals surface area contributed by atoms with E-state index in [-0.39, 0.29) is 24.3 Å². The van der Waals surface area contributed by atoms with Crippen molar-refractivity contribution in [3.8, 4) is 23.1 Å². The zero-order valence-electron chi connectivity index (χ0n) is 13.6. The highest BCUT2D eigenvalue weighted by molar-refractivity contribution is 5.88. The molecular formula is C15H15N7O3. The van der Waals surface area contributed by atoms with E-state index in [0.29, 0.717) is 5.82 Å². The van der Waals surface area contributed by atoms with Crippen LogP contribution in [0.3, 0.4) is 0 Å². The van der Waals surface area contributed by atoms with Crippen LogP contribution < -0.4 is 14.8 Å². The minimum absolute atomic E-state index is 0.0598. The Morgan fingerprint density at radius 2 is 1.80 bits per heavy atom. The molecule has 2 heterocycles. The Balaban J connectivity index is 1.68. The summed E-state index contributed by atoms with van der Waals surface area (Å²) in [5.41, 5.74) is 0.815. The van der Waals surface area contributed by atoms with E-state index >= 15 is 0 Å². The first kappa shape index (κ1) is 16.3. The third-order valence-corrected chi connectivity index (χ3v) is 3.12. The lowest BCUT2D eigenvalue weighted by atomic mass is 10.2. The molecule has 0 unspecified atom stereocenters. The van der Waals surface area contributed by atoms with E-state index in [1.165, 1.54) is 25.1 Å². The second-order valence-electron chi connectivity index (χ2n) is 4.83. The highest BCUT2D eigenvalue weighted by atomic mass is 16.5. The molecule has 2 aromatic heterocycles. The number of ether oxygens (including phenoxy) is 2. The topological polar surface area (TPSA) is 117 Å². The predicted octanol–water partition coefficient (Wildman–Crippen LogP) is 0.786. The summed E-state index contributed by atoms with van der Waals surface area (Å²) in [4.78, 5) is 21.4. The van der Waals surface area contributed by atoms with Gasteiger partial charge in [0, 0.05) is 5.56 Å². The lowest BCUT2D eigenvalue weighted by Gasteiger charge is -2.07. The first-order chi connectivity index (χ1) is 12.2. The number of anilines is 1. The molecule has 1 aromatic carbocycles. The number of aromatic nitrogens is 6. The molecule has 128 valence electrons. The van der Waals surface area contributed by atoms with Crippen molar-refractivity contribution in [2.75, 3.05) is 19.5 Å². The summed E-state index contributed by atoms with van der Waals surface area (Å²) >= 11 is 0. The number of hydrogen-bond donors (Lipinski definition) is 1. The largest absolute Gasteiger partial charge is 0.481 e. The summed E-state index contributed by atoms with van der Waals surface area (Å²) in [6.45, 7) is -0.136. The Morgan fingerprint density at radius 3 is 2.44 bits per heavy atom. The second-order valence-corrected chi connectivity index (χ2v) is 4.83. The number of nitrogens with one attached hydrogen (secondary N) is 1. The molecule has 0 saturated heterocycles. The summed E-state index contributed by atoms with van der Waals surface area (Å²) in [6.07, 6.45) is 0. The van der Waals surface area contributed by atoms with Crippen LogP contribution >= 0.6 is 0 Å². The first-order valence-electron chi connectivity index (χ1n) is 7.28. The van der Waals surface area contributed by atoms with E-state index in [1.807, 2.05) is 30.3 Å². The summed E-state index contributed by atoms with van der Waals surface area (Å²) in [5, 5.41) is 14.5. The van der Waals surface area contributed by atoms with Crippen LogP contribution in [-0.4, -0.2) is 50.3 Å². The molecule has 0 aliphatic rings. The van der Waals surface area contributed by atoms with Crippen molar-refractivity contribution in [1.29, 1.82) is 0 Å². The SMILES string of the molecule is COc1cc(OC)nc(NC(=O)Cn2nnc(-c3ccccc3)n2)n1. The zero-order valence-corrected chi connectivity index (χ0v) is 13.6. The molecule has 0 saturated carbocycles. The molecule has 3 rings (SSSR count). The van der Waals surface area contributed by atoms with Gasteiger partial charge in [0.05, 0.1) is 20.3 Å². The maximum absolute atomic E-state index is 12.1. The number of nitrogens with zero attached hydrogens (tertiary/aromatic N) is 6. The Labute approximate surface area is 142 Å². The number of tetrazole rings is 1. The van der Waals surface area contributed by atoms with E-state index in [4.69, 9.17) is 9.47 Å². The number of carbonyl (C=O) groups is 1. The fourth-order valence-electron chi connectivity index (χ4n) is 1.97. The molecule has 0 fully saturated rings. The monoisotopic (exact) mass is 341 g/mol. The molecule has 1 N–H and O–H groups in total. The number of carbonyl (C=O) groups excluding carboxylic acids is 1. The highest BCUT2D eigenvalue weighted by Crippen LogP contribution is 2.17. The van der Waals surface area contributed by atoms with Crippen LogP contribution in [0.15, 0.2) is 36.4 Å². The average molecular weight is 341 g/mol. The van der Waals surface area contributed by atoms with E-state index in [2.05, 4.69) is 30.7 Å². The molecule has 0 spiro atoms. The van der Waals surface area contributed by atoms with Gasteiger partial charge >= 0.3 is 0 Å². The van der Waals surface area contributed by atoms with Crippen LogP contribution in [0.1, 0.15) is 0 Å². The number of amides is 1. The predicted molar refractivity (Wildman–Crippen MR) is 87.0 cm³/mol. The van der Waals surface area contributed by atoms with Gasteiger partial charge in [-0.15, -0.1) is 10.2 Å². The van der Waals surface area contributed by atoms with Crippen molar-refractivity contribution in [1.82, 2.24) is 30.2 Å². The molecule has 0 aliphatic heterocycles. The van der Waals surface area contributed by atoms with Gasteiger partial charge in [-0.25, -0.2) is 0 Å². The Bertz CT molecular complexity index is 844. The Hall–Kier alpha value is -3.56. The van der Waals surface area contributed by atoms with E-state index in [0.717, 1.165) is 5.56 Å². The van der Waals surface area contributed by atoms with Gasteiger partial charge in [0.15, 0.2) is 0 Å². The lowest BCUT2D eigenvalue weighted by molar-refractivity contribution is -0.117. The third-order valence-electron chi connectivity index (χ3n) is 3.12. The molecule has 1 amide bonds. The van der Waals surface area contributed by atoms with Crippen LogP contribution in [-0.2, 0) is 11.3 Å². The molecule has 25 heavy (non-hydrogen) atoms. The molecule has 10 nitrogen and oxygen atoms in total. The summed E-state index contributed by atoms with van der Waals surface area (Å²) in [7, 11) is 2.91. The van der Waals surface area contributed by atoms with Gasteiger partial charge in [-0.1, -0.05) is 30.3 Å². The van der Waals surface area contributed by atoms with Gasteiger partial charge in [0.2, 0.25) is 29.4 Å². The average Bonchev–Trinajstić information content (AvgIpc) is 3.10. The fourth-order valence-corrected chi connectivity index (χ4v) is 1.97. The molecule has 3 aromatic rings. The van der Waals surface area contributed by atoms with Crippen LogP contribution in [0.2, 0.25) is 0 Å². The standard InChI is InChI=1S/C15H15N7O3/c1-24-12-8-13(25-2)18-15(17-12)16-11(23)9-22-20-14(19-21-22)10-6-4-3-5-7-10/h3-8H,9H2,1-2H3,(H,16,17,18,23). The van der Waals surface area contributed by atoms with Gasteiger partial charge in [-0.2, -0.15) is 14.8 Å². The zero-order chi connectivity index (χ0) is 17.6. The van der Waals surface area contributed by atoms with Gasteiger partial charge in [0.25, 0.3) is 0 Å².